The Hall–Kier alpha value is -2.34. The predicted octanol–water partition coefficient (Wildman–Crippen LogP) is 1.85. The number of anilines is 2. The Bertz CT molecular complexity index is 755. The molecule has 9 heteroatoms. The molecule has 1 saturated heterocycles. The fraction of sp³-hybridized carbons (Fsp3) is 0.562. The molecule has 0 unspecified atom stereocenters. The third kappa shape index (κ3) is 2.80. The van der Waals surface area contributed by atoms with Gasteiger partial charge in [-0.25, -0.2) is 4.98 Å². The minimum atomic E-state index is -4.70. The zero-order valence-corrected chi connectivity index (χ0v) is 14.1. The number of aromatic nitrogens is 1. The van der Waals surface area contributed by atoms with E-state index in [-0.39, 0.29) is 23.5 Å². The summed E-state index contributed by atoms with van der Waals surface area (Å²) < 4.78 is 39.6. The molecule has 134 valence electrons. The Labute approximate surface area is 143 Å². The number of carbonyl (C=O) groups is 1. The van der Waals surface area contributed by atoms with Crippen LogP contribution < -0.4 is 9.80 Å². The molecule has 6 nitrogen and oxygen atoms in total. The third-order valence-corrected chi connectivity index (χ3v) is 4.79. The van der Waals surface area contributed by atoms with Gasteiger partial charge in [-0.1, -0.05) is 0 Å². The van der Waals surface area contributed by atoms with Crippen molar-refractivity contribution in [1.29, 1.82) is 5.26 Å². The van der Waals surface area contributed by atoms with E-state index in [9.17, 15) is 18.0 Å². The summed E-state index contributed by atoms with van der Waals surface area (Å²) >= 11 is 0. The van der Waals surface area contributed by atoms with Crippen molar-refractivity contribution in [2.75, 3.05) is 36.5 Å². The van der Waals surface area contributed by atoms with Gasteiger partial charge < -0.3 is 9.80 Å². The summed E-state index contributed by atoms with van der Waals surface area (Å²) in [5.74, 6) is -0.00228. The van der Waals surface area contributed by atoms with Crippen molar-refractivity contribution in [3.63, 3.8) is 0 Å². The van der Waals surface area contributed by atoms with Gasteiger partial charge in [0.2, 0.25) is 0 Å². The summed E-state index contributed by atoms with van der Waals surface area (Å²) in [5.41, 5.74) is -1.70. The van der Waals surface area contributed by atoms with Crippen molar-refractivity contribution in [2.45, 2.75) is 32.1 Å². The number of piperazine rings is 1. The number of likely N-dealkylation sites (N-methyl/N-ethyl adjacent to an activating group) is 1. The molecule has 1 amide bonds. The molecular weight excluding hydrogens is 335 g/mol. The monoisotopic (exact) mass is 353 g/mol. The number of hydrogen-bond donors (Lipinski definition) is 0. The van der Waals surface area contributed by atoms with Crippen LogP contribution in [0.4, 0.5) is 24.7 Å². The van der Waals surface area contributed by atoms with E-state index in [2.05, 4.69) is 9.88 Å². The average molecular weight is 353 g/mol. The third-order valence-electron chi connectivity index (χ3n) is 4.79. The number of halogens is 3. The maximum Gasteiger partial charge on any atom is 0.419 e. The van der Waals surface area contributed by atoms with E-state index in [1.54, 1.807) is 4.90 Å². The minimum Gasteiger partial charge on any atom is -0.340 e. The molecular formula is C16H18F3N5O. The van der Waals surface area contributed by atoms with Gasteiger partial charge in [-0.2, -0.15) is 18.4 Å². The Morgan fingerprint density at radius 2 is 2.04 bits per heavy atom. The van der Waals surface area contributed by atoms with Crippen molar-refractivity contribution < 1.29 is 18.0 Å². The number of nitrogens with zero attached hydrogens (tertiary/aromatic N) is 5. The normalized spacial score (nSPS) is 21.2. The lowest BCUT2D eigenvalue weighted by molar-refractivity contribution is -0.138. The van der Waals surface area contributed by atoms with Crippen LogP contribution in [0.1, 0.15) is 25.1 Å². The highest BCUT2D eigenvalue weighted by molar-refractivity contribution is 6.04. The summed E-state index contributed by atoms with van der Waals surface area (Å²) in [5, 5.41) is 9.09. The van der Waals surface area contributed by atoms with Gasteiger partial charge in [0.25, 0.3) is 5.91 Å². The van der Waals surface area contributed by atoms with Crippen LogP contribution in [-0.2, 0) is 11.0 Å². The maximum atomic E-state index is 13.2. The molecule has 2 aliphatic rings. The molecule has 0 radical (unpaired) electrons. The van der Waals surface area contributed by atoms with E-state index in [0.717, 1.165) is 6.07 Å². The van der Waals surface area contributed by atoms with Crippen LogP contribution in [0, 0.1) is 11.3 Å². The molecule has 1 atom stereocenters. The van der Waals surface area contributed by atoms with Gasteiger partial charge in [0.05, 0.1) is 11.3 Å². The molecule has 1 aromatic rings. The number of rotatable bonds is 1. The summed E-state index contributed by atoms with van der Waals surface area (Å²) in [7, 11) is 1.45. The average Bonchev–Trinajstić information content (AvgIpc) is 2.57. The lowest BCUT2D eigenvalue weighted by Gasteiger charge is -2.47. The van der Waals surface area contributed by atoms with Gasteiger partial charge in [-0.15, -0.1) is 0 Å². The van der Waals surface area contributed by atoms with Crippen molar-refractivity contribution in [2.24, 2.45) is 0 Å². The van der Waals surface area contributed by atoms with Crippen LogP contribution >= 0.6 is 0 Å². The number of carbonyl (C=O) groups excluding carboxylic acids is 1. The maximum absolute atomic E-state index is 13.2. The summed E-state index contributed by atoms with van der Waals surface area (Å²) in [6.07, 6.45) is -4.70. The second kappa shape index (κ2) is 5.88. The first-order valence-electron chi connectivity index (χ1n) is 7.95. The Balaban J connectivity index is 2.10. The van der Waals surface area contributed by atoms with Crippen molar-refractivity contribution in [1.82, 2.24) is 9.88 Å². The highest BCUT2D eigenvalue weighted by Gasteiger charge is 2.44. The van der Waals surface area contributed by atoms with Crippen LogP contribution in [0.15, 0.2) is 6.07 Å². The van der Waals surface area contributed by atoms with Gasteiger partial charge in [0.1, 0.15) is 12.1 Å². The van der Waals surface area contributed by atoms with Gasteiger partial charge >= 0.3 is 6.18 Å². The molecule has 0 saturated carbocycles. The van der Waals surface area contributed by atoms with E-state index in [1.807, 2.05) is 13.8 Å². The van der Waals surface area contributed by atoms with E-state index in [0.29, 0.717) is 19.6 Å². The number of hydrogen-bond acceptors (Lipinski definition) is 5. The highest BCUT2D eigenvalue weighted by Crippen LogP contribution is 2.41. The zero-order valence-electron chi connectivity index (χ0n) is 14.1. The van der Waals surface area contributed by atoms with Crippen LogP contribution in [0.2, 0.25) is 0 Å². The van der Waals surface area contributed by atoms with Crippen molar-refractivity contribution in [3.05, 3.63) is 17.3 Å². The van der Waals surface area contributed by atoms with Crippen molar-refractivity contribution in [3.8, 4) is 6.07 Å². The van der Waals surface area contributed by atoms with Crippen molar-refractivity contribution >= 4 is 17.4 Å². The highest BCUT2D eigenvalue weighted by atomic mass is 19.4. The largest absolute Gasteiger partial charge is 0.419 e. The minimum absolute atomic E-state index is 0.0885. The number of fused-ring (bicyclic) bond motifs is 3. The molecule has 0 aliphatic carbocycles. The predicted molar refractivity (Wildman–Crippen MR) is 85.2 cm³/mol. The molecule has 25 heavy (non-hydrogen) atoms. The Kier molecular flexibility index (Phi) is 4.11. The molecule has 0 aromatic carbocycles. The lowest BCUT2D eigenvalue weighted by atomic mass is 10.0. The summed E-state index contributed by atoms with van der Waals surface area (Å²) in [4.78, 5) is 21.7. The summed E-state index contributed by atoms with van der Waals surface area (Å²) in [6, 6.07) is 2.13. The first kappa shape index (κ1) is 17.5. The van der Waals surface area contributed by atoms with E-state index < -0.39 is 23.5 Å². The summed E-state index contributed by atoms with van der Waals surface area (Å²) in [6.45, 7) is 5.68. The van der Waals surface area contributed by atoms with Crippen LogP contribution in [0.5, 0.6) is 0 Å². The number of pyridine rings is 1. The number of amides is 1. The number of nitriles is 1. The van der Waals surface area contributed by atoms with Crippen LogP contribution in [0.25, 0.3) is 0 Å². The molecule has 2 aliphatic heterocycles. The van der Waals surface area contributed by atoms with Gasteiger partial charge in [0.15, 0.2) is 11.5 Å². The lowest BCUT2D eigenvalue weighted by Crippen LogP contribution is -2.63. The SMILES string of the molecule is CC(C)N1CCN2c3nc(C#N)c(C(F)(F)F)cc3N(C)C(=O)[C@@H]2C1. The van der Waals surface area contributed by atoms with E-state index in [1.165, 1.54) is 18.0 Å². The topological polar surface area (TPSA) is 63.5 Å². The Morgan fingerprint density at radius 1 is 1.36 bits per heavy atom. The zero-order chi connectivity index (χ0) is 18.5. The van der Waals surface area contributed by atoms with Crippen LogP contribution in [0.3, 0.4) is 0 Å². The second-order valence-electron chi connectivity index (χ2n) is 6.53. The van der Waals surface area contributed by atoms with Gasteiger partial charge in [-0.3, -0.25) is 9.69 Å². The van der Waals surface area contributed by atoms with Crippen LogP contribution in [-0.4, -0.2) is 54.6 Å². The molecule has 1 aromatic heterocycles. The number of alkyl halides is 3. The van der Waals surface area contributed by atoms with E-state index >= 15 is 0 Å². The molecule has 1 fully saturated rings. The second-order valence-corrected chi connectivity index (χ2v) is 6.53. The standard InChI is InChI=1S/C16H18F3N5O/c1-9(2)23-4-5-24-13(8-23)15(25)22(3)12-6-10(16(17,18)19)11(7-20)21-14(12)24/h6,9,13H,4-5,8H2,1-3H3/t13-/m0/s1. The van der Waals surface area contributed by atoms with E-state index in [4.69, 9.17) is 5.26 Å². The van der Waals surface area contributed by atoms with Gasteiger partial charge in [-0.05, 0) is 19.9 Å². The first-order chi connectivity index (χ1) is 11.6. The fourth-order valence-electron chi connectivity index (χ4n) is 3.33. The fourth-order valence-corrected chi connectivity index (χ4v) is 3.33. The molecule has 3 rings (SSSR count). The molecule has 3 heterocycles. The Morgan fingerprint density at radius 3 is 2.60 bits per heavy atom. The quantitative estimate of drug-likeness (QED) is 0.771. The molecule has 0 bridgehead atoms. The smallest absolute Gasteiger partial charge is 0.340 e. The first-order valence-corrected chi connectivity index (χ1v) is 7.95. The van der Waals surface area contributed by atoms with Gasteiger partial charge in [0, 0.05) is 32.7 Å². The molecule has 0 spiro atoms. The molecule has 0 N–H and O–H groups in total.